The lowest BCUT2D eigenvalue weighted by Gasteiger charge is -2.19. The largest absolute Gasteiger partial charge is 0.459 e. The van der Waals surface area contributed by atoms with E-state index in [1.165, 1.54) is 17.8 Å². The highest BCUT2D eigenvalue weighted by molar-refractivity contribution is 8.00. The van der Waals surface area contributed by atoms with Gasteiger partial charge in [0.1, 0.15) is 5.60 Å². The molecule has 1 aromatic rings. The molecule has 0 aliphatic rings. The maximum atomic E-state index is 11.5. The Kier molecular flexibility index (Phi) is 5.13. The summed E-state index contributed by atoms with van der Waals surface area (Å²) < 4.78 is 5.19. The fourth-order valence-electron chi connectivity index (χ4n) is 1.21. The highest BCUT2D eigenvalue weighted by atomic mass is 32.2. The zero-order valence-electron chi connectivity index (χ0n) is 10.6. The van der Waals surface area contributed by atoms with E-state index in [1.54, 1.807) is 18.2 Å². The van der Waals surface area contributed by atoms with Gasteiger partial charge in [0.05, 0.1) is 11.4 Å². The molecule has 0 heterocycles. The van der Waals surface area contributed by atoms with Gasteiger partial charge in [-0.2, -0.15) is 4.99 Å². The number of ether oxygens (including phenoxy) is 1. The number of aliphatic imine (C=N–C) groups is 1. The van der Waals surface area contributed by atoms with Crippen LogP contribution < -0.4 is 0 Å². The topological polar surface area (TPSA) is 55.7 Å². The molecule has 0 atom stereocenters. The number of isocyanates is 1. The summed E-state index contributed by atoms with van der Waals surface area (Å²) in [5, 5.41) is 0. The second-order valence-corrected chi connectivity index (χ2v) is 5.62. The van der Waals surface area contributed by atoms with Crippen LogP contribution in [-0.2, 0) is 14.3 Å². The van der Waals surface area contributed by atoms with Crippen molar-refractivity contribution in [2.24, 2.45) is 4.99 Å². The monoisotopic (exact) mass is 265 g/mol. The van der Waals surface area contributed by atoms with E-state index < -0.39 is 5.60 Å². The fraction of sp³-hybridized carbons (Fsp3) is 0.385. The van der Waals surface area contributed by atoms with Gasteiger partial charge in [-0.25, -0.2) is 4.79 Å². The number of benzene rings is 1. The molecule has 0 fully saturated rings. The van der Waals surface area contributed by atoms with Gasteiger partial charge in [-0.1, -0.05) is 6.07 Å². The number of esters is 1. The first kappa shape index (κ1) is 14.5. The van der Waals surface area contributed by atoms with E-state index in [4.69, 9.17) is 4.74 Å². The van der Waals surface area contributed by atoms with E-state index in [9.17, 15) is 9.59 Å². The molecule has 4 nitrogen and oxygen atoms in total. The lowest BCUT2D eigenvalue weighted by Crippen LogP contribution is -2.24. The SMILES string of the molecule is CC(C)(C)OC(=O)CSc1cccc(N=C=O)c1. The predicted octanol–water partition coefficient (Wildman–Crippen LogP) is 3.09. The van der Waals surface area contributed by atoms with Crippen LogP contribution in [0.3, 0.4) is 0 Å². The highest BCUT2D eigenvalue weighted by Gasteiger charge is 2.16. The molecule has 1 rings (SSSR count). The van der Waals surface area contributed by atoms with Crippen molar-refractivity contribution in [2.75, 3.05) is 5.75 Å². The second kappa shape index (κ2) is 6.38. The van der Waals surface area contributed by atoms with Crippen LogP contribution in [0.2, 0.25) is 0 Å². The van der Waals surface area contributed by atoms with Crippen molar-refractivity contribution in [1.29, 1.82) is 0 Å². The molecule has 0 unspecified atom stereocenters. The lowest BCUT2D eigenvalue weighted by atomic mass is 10.2. The number of nitrogens with zero attached hydrogens (tertiary/aromatic N) is 1. The highest BCUT2D eigenvalue weighted by Crippen LogP contribution is 2.23. The Hall–Kier alpha value is -1.58. The third-order valence-corrected chi connectivity index (χ3v) is 2.74. The minimum absolute atomic E-state index is 0.228. The molecular weight excluding hydrogens is 250 g/mol. The van der Waals surface area contributed by atoms with Gasteiger partial charge in [-0.15, -0.1) is 11.8 Å². The Balaban J connectivity index is 2.56. The first-order valence-electron chi connectivity index (χ1n) is 5.43. The lowest BCUT2D eigenvalue weighted by molar-refractivity contribution is -0.151. The number of thioether (sulfide) groups is 1. The van der Waals surface area contributed by atoms with Crippen molar-refractivity contribution in [1.82, 2.24) is 0 Å². The van der Waals surface area contributed by atoms with Crippen LogP contribution >= 0.6 is 11.8 Å². The van der Waals surface area contributed by atoms with Gasteiger partial charge >= 0.3 is 5.97 Å². The van der Waals surface area contributed by atoms with Crippen LogP contribution in [0.25, 0.3) is 0 Å². The molecule has 0 aliphatic carbocycles. The summed E-state index contributed by atoms with van der Waals surface area (Å²) in [5.41, 5.74) is 0.0561. The number of carbonyl (C=O) groups is 1. The van der Waals surface area contributed by atoms with Gasteiger partial charge in [0.25, 0.3) is 0 Å². The maximum Gasteiger partial charge on any atom is 0.316 e. The summed E-state index contributed by atoms with van der Waals surface area (Å²) in [6, 6.07) is 7.04. The van der Waals surface area contributed by atoms with Crippen molar-refractivity contribution in [3.63, 3.8) is 0 Å². The van der Waals surface area contributed by atoms with E-state index in [-0.39, 0.29) is 11.7 Å². The van der Waals surface area contributed by atoms with Gasteiger partial charge < -0.3 is 4.74 Å². The average Bonchev–Trinajstić information content (AvgIpc) is 2.25. The average molecular weight is 265 g/mol. The molecule has 0 aliphatic heterocycles. The molecule has 1 aromatic carbocycles. The third-order valence-electron chi connectivity index (χ3n) is 1.77. The van der Waals surface area contributed by atoms with E-state index in [1.807, 2.05) is 26.8 Å². The number of hydrogen-bond acceptors (Lipinski definition) is 5. The van der Waals surface area contributed by atoms with Crippen molar-refractivity contribution in [2.45, 2.75) is 31.3 Å². The minimum Gasteiger partial charge on any atom is -0.459 e. The van der Waals surface area contributed by atoms with Crippen molar-refractivity contribution >= 4 is 29.5 Å². The second-order valence-electron chi connectivity index (χ2n) is 4.58. The minimum atomic E-state index is -0.471. The molecule has 0 N–H and O–H groups in total. The maximum absolute atomic E-state index is 11.5. The summed E-state index contributed by atoms with van der Waals surface area (Å²) in [6.07, 6.45) is 1.48. The van der Waals surface area contributed by atoms with Crippen LogP contribution in [-0.4, -0.2) is 23.4 Å². The Morgan fingerprint density at radius 2 is 2.17 bits per heavy atom. The molecule has 0 spiro atoms. The summed E-state index contributed by atoms with van der Waals surface area (Å²) in [6.45, 7) is 5.49. The molecule has 0 saturated heterocycles. The summed E-state index contributed by atoms with van der Waals surface area (Å²) in [7, 11) is 0. The Bertz CT molecular complexity index is 473. The van der Waals surface area contributed by atoms with Gasteiger partial charge in [0.15, 0.2) is 0 Å². The molecular formula is C13H15NO3S. The van der Waals surface area contributed by atoms with Crippen LogP contribution in [0, 0.1) is 0 Å². The molecule has 0 bridgehead atoms. The summed E-state index contributed by atoms with van der Waals surface area (Å²) in [4.78, 5) is 26.0. The van der Waals surface area contributed by atoms with Crippen LogP contribution in [0.15, 0.2) is 34.2 Å². The van der Waals surface area contributed by atoms with Crippen LogP contribution in [0.4, 0.5) is 5.69 Å². The molecule has 0 amide bonds. The first-order chi connectivity index (χ1) is 8.40. The van der Waals surface area contributed by atoms with Crippen molar-refractivity contribution in [3.8, 4) is 0 Å². The molecule has 0 radical (unpaired) electrons. The molecule has 0 aromatic heterocycles. The summed E-state index contributed by atoms with van der Waals surface area (Å²) >= 11 is 1.34. The number of hydrogen-bond donors (Lipinski definition) is 0. The fourth-order valence-corrected chi connectivity index (χ4v) is 1.93. The quantitative estimate of drug-likeness (QED) is 0.363. The molecule has 18 heavy (non-hydrogen) atoms. The smallest absolute Gasteiger partial charge is 0.316 e. The number of carbonyl (C=O) groups excluding carboxylic acids is 2. The third kappa shape index (κ3) is 5.66. The predicted molar refractivity (Wildman–Crippen MR) is 70.8 cm³/mol. The van der Waals surface area contributed by atoms with Crippen molar-refractivity contribution in [3.05, 3.63) is 24.3 Å². The standard InChI is InChI=1S/C13H15NO3S/c1-13(2,3)17-12(16)8-18-11-6-4-5-10(7-11)14-9-15/h4-7H,8H2,1-3H3. The summed E-state index contributed by atoms with van der Waals surface area (Å²) in [5.74, 6) is -0.0392. The molecule has 0 saturated carbocycles. The Morgan fingerprint density at radius 3 is 2.78 bits per heavy atom. The zero-order chi connectivity index (χ0) is 13.6. The van der Waals surface area contributed by atoms with E-state index >= 15 is 0 Å². The normalized spacial score (nSPS) is 10.6. The van der Waals surface area contributed by atoms with Gasteiger partial charge in [-0.05, 0) is 39.0 Å². The zero-order valence-corrected chi connectivity index (χ0v) is 11.4. The molecule has 5 heteroatoms. The Labute approximate surface area is 110 Å². The van der Waals surface area contributed by atoms with E-state index in [0.29, 0.717) is 5.69 Å². The van der Waals surface area contributed by atoms with Gasteiger partial charge in [-0.3, -0.25) is 4.79 Å². The van der Waals surface area contributed by atoms with E-state index in [2.05, 4.69) is 4.99 Å². The van der Waals surface area contributed by atoms with E-state index in [0.717, 1.165) is 4.90 Å². The number of rotatable bonds is 4. The molecule has 96 valence electrons. The van der Waals surface area contributed by atoms with Gasteiger partial charge in [0.2, 0.25) is 6.08 Å². The van der Waals surface area contributed by atoms with Gasteiger partial charge in [0, 0.05) is 4.90 Å². The van der Waals surface area contributed by atoms with Crippen molar-refractivity contribution < 1.29 is 14.3 Å². The Morgan fingerprint density at radius 1 is 1.44 bits per heavy atom. The van der Waals surface area contributed by atoms with Crippen LogP contribution in [0.5, 0.6) is 0 Å². The van der Waals surface area contributed by atoms with Crippen LogP contribution in [0.1, 0.15) is 20.8 Å². The first-order valence-corrected chi connectivity index (χ1v) is 6.42.